The van der Waals surface area contributed by atoms with Gasteiger partial charge in [-0.15, -0.1) is 10.2 Å². The summed E-state index contributed by atoms with van der Waals surface area (Å²) in [6, 6.07) is 11.4. The van der Waals surface area contributed by atoms with E-state index in [1.807, 2.05) is 37.3 Å². The van der Waals surface area contributed by atoms with Gasteiger partial charge in [0, 0.05) is 5.56 Å². The predicted octanol–water partition coefficient (Wildman–Crippen LogP) is 2.24. The fourth-order valence-electron chi connectivity index (χ4n) is 1.57. The Hall–Kier alpha value is -2.23. The van der Waals surface area contributed by atoms with Crippen LogP contribution in [0.15, 0.2) is 36.4 Å². The SMILES string of the molecule is COC(=O)c1cc(C)c(-c2ccccc2)nn1. The Morgan fingerprint density at radius 3 is 2.47 bits per heavy atom. The zero-order valence-electron chi connectivity index (χ0n) is 9.68. The first-order valence-electron chi connectivity index (χ1n) is 5.20. The van der Waals surface area contributed by atoms with Gasteiger partial charge in [0.1, 0.15) is 0 Å². The van der Waals surface area contributed by atoms with Crippen molar-refractivity contribution < 1.29 is 9.53 Å². The molecule has 0 fully saturated rings. The lowest BCUT2D eigenvalue weighted by Crippen LogP contribution is -2.07. The maximum atomic E-state index is 11.3. The monoisotopic (exact) mass is 228 g/mol. The molecule has 0 unspecified atom stereocenters. The zero-order chi connectivity index (χ0) is 12.3. The molecule has 0 bridgehead atoms. The number of esters is 1. The van der Waals surface area contributed by atoms with Crippen molar-refractivity contribution in [3.05, 3.63) is 47.7 Å². The third-order valence-electron chi connectivity index (χ3n) is 2.43. The second-order valence-electron chi connectivity index (χ2n) is 3.62. The fraction of sp³-hybridized carbons (Fsp3) is 0.154. The highest BCUT2D eigenvalue weighted by Gasteiger charge is 2.11. The fourth-order valence-corrected chi connectivity index (χ4v) is 1.57. The number of hydrogen-bond acceptors (Lipinski definition) is 4. The smallest absolute Gasteiger partial charge is 0.358 e. The van der Waals surface area contributed by atoms with Gasteiger partial charge in [-0.3, -0.25) is 0 Å². The molecule has 0 spiro atoms. The molecule has 2 aromatic rings. The summed E-state index contributed by atoms with van der Waals surface area (Å²) in [6.07, 6.45) is 0. The van der Waals surface area contributed by atoms with Crippen LogP contribution in [0, 0.1) is 6.92 Å². The standard InChI is InChI=1S/C13H12N2O2/c1-9-8-11(13(16)17-2)14-15-12(9)10-6-4-3-5-7-10/h3-8H,1-2H3. The molecule has 0 N–H and O–H groups in total. The van der Waals surface area contributed by atoms with Gasteiger partial charge in [-0.25, -0.2) is 4.79 Å². The van der Waals surface area contributed by atoms with Crippen LogP contribution in [0.2, 0.25) is 0 Å². The van der Waals surface area contributed by atoms with Crippen LogP contribution in [0.1, 0.15) is 16.1 Å². The molecule has 86 valence electrons. The summed E-state index contributed by atoms with van der Waals surface area (Å²) < 4.78 is 4.60. The number of methoxy groups -OCH3 is 1. The van der Waals surface area contributed by atoms with Crippen LogP contribution in [0.3, 0.4) is 0 Å². The van der Waals surface area contributed by atoms with Gasteiger partial charge < -0.3 is 4.74 Å². The van der Waals surface area contributed by atoms with E-state index in [-0.39, 0.29) is 5.69 Å². The average molecular weight is 228 g/mol. The first-order valence-corrected chi connectivity index (χ1v) is 5.20. The predicted molar refractivity (Wildman–Crippen MR) is 63.5 cm³/mol. The van der Waals surface area contributed by atoms with Crippen LogP contribution in [0.25, 0.3) is 11.3 Å². The third kappa shape index (κ3) is 2.30. The zero-order valence-corrected chi connectivity index (χ0v) is 9.68. The Morgan fingerprint density at radius 1 is 1.18 bits per heavy atom. The number of nitrogens with zero attached hydrogens (tertiary/aromatic N) is 2. The van der Waals surface area contributed by atoms with Gasteiger partial charge in [-0.05, 0) is 18.6 Å². The summed E-state index contributed by atoms with van der Waals surface area (Å²) in [4.78, 5) is 11.3. The molecule has 0 saturated carbocycles. The van der Waals surface area contributed by atoms with Gasteiger partial charge in [0.05, 0.1) is 12.8 Å². The molecular formula is C13H12N2O2. The van der Waals surface area contributed by atoms with Crippen molar-refractivity contribution in [2.24, 2.45) is 0 Å². The molecule has 0 aliphatic heterocycles. The number of aromatic nitrogens is 2. The number of carbonyl (C=O) groups excluding carboxylic acids is 1. The third-order valence-corrected chi connectivity index (χ3v) is 2.43. The molecule has 0 aliphatic rings. The van der Waals surface area contributed by atoms with Gasteiger partial charge in [-0.1, -0.05) is 30.3 Å². The summed E-state index contributed by atoms with van der Waals surface area (Å²) in [5.74, 6) is -0.472. The van der Waals surface area contributed by atoms with Crippen LogP contribution in [-0.2, 0) is 4.74 Å². The maximum Gasteiger partial charge on any atom is 0.358 e. The van der Waals surface area contributed by atoms with Crippen molar-refractivity contribution in [3.8, 4) is 11.3 Å². The maximum absolute atomic E-state index is 11.3. The molecular weight excluding hydrogens is 216 g/mol. The Morgan fingerprint density at radius 2 is 1.88 bits per heavy atom. The van der Waals surface area contributed by atoms with Crippen LogP contribution >= 0.6 is 0 Å². The van der Waals surface area contributed by atoms with E-state index in [4.69, 9.17) is 0 Å². The van der Waals surface area contributed by atoms with Crippen LogP contribution < -0.4 is 0 Å². The number of hydrogen-bond donors (Lipinski definition) is 0. The van der Waals surface area contributed by atoms with Crippen molar-refractivity contribution in [1.29, 1.82) is 0 Å². The number of ether oxygens (including phenoxy) is 1. The summed E-state index contributed by atoms with van der Waals surface area (Å²) in [7, 11) is 1.32. The van der Waals surface area contributed by atoms with Gasteiger partial charge >= 0.3 is 5.97 Å². The molecule has 2 rings (SSSR count). The first-order chi connectivity index (χ1) is 8.22. The van der Waals surface area contributed by atoms with Crippen molar-refractivity contribution in [3.63, 3.8) is 0 Å². The summed E-state index contributed by atoms with van der Waals surface area (Å²) in [5.41, 5.74) is 2.88. The van der Waals surface area contributed by atoms with E-state index in [1.165, 1.54) is 7.11 Å². The van der Waals surface area contributed by atoms with E-state index in [2.05, 4.69) is 14.9 Å². The molecule has 0 aliphatic carbocycles. The van der Waals surface area contributed by atoms with E-state index in [0.717, 1.165) is 16.8 Å². The number of aryl methyl sites for hydroxylation is 1. The molecule has 0 amide bonds. The van der Waals surface area contributed by atoms with E-state index >= 15 is 0 Å². The summed E-state index contributed by atoms with van der Waals surface area (Å²) >= 11 is 0. The van der Waals surface area contributed by atoms with E-state index < -0.39 is 5.97 Å². The quantitative estimate of drug-likeness (QED) is 0.740. The Balaban J connectivity index is 2.42. The van der Waals surface area contributed by atoms with Gasteiger partial charge in [0.25, 0.3) is 0 Å². The highest BCUT2D eigenvalue weighted by atomic mass is 16.5. The minimum Gasteiger partial charge on any atom is -0.464 e. The molecule has 0 saturated heterocycles. The normalized spacial score (nSPS) is 10.0. The average Bonchev–Trinajstić information content (AvgIpc) is 2.38. The van der Waals surface area contributed by atoms with Crippen molar-refractivity contribution in [1.82, 2.24) is 10.2 Å². The molecule has 4 heteroatoms. The first kappa shape index (κ1) is 11.3. The van der Waals surface area contributed by atoms with Gasteiger partial charge in [0.2, 0.25) is 0 Å². The second kappa shape index (κ2) is 4.74. The Kier molecular flexibility index (Phi) is 3.14. The molecule has 1 heterocycles. The minimum absolute atomic E-state index is 0.227. The second-order valence-corrected chi connectivity index (χ2v) is 3.62. The largest absolute Gasteiger partial charge is 0.464 e. The van der Waals surface area contributed by atoms with Crippen molar-refractivity contribution in [2.45, 2.75) is 6.92 Å². The van der Waals surface area contributed by atoms with E-state index in [0.29, 0.717) is 0 Å². The van der Waals surface area contributed by atoms with Gasteiger partial charge in [0.15, 0.2) is 5.69 Å². The Bertz CT molecular complexity index is 538. The lowest BCUT2D eigenvalue weighted by molar-refractivity contribution is 0.0592. The lowest BCUT2D eigenvalue weighted by atomic mass is 10.1. The highest BCUT2D eigenvalue weighted by Crippen LogP contribution is 2.20. The van der Waals surface area contributed by atoms with Crippen LogP contribution in [0.5, 0.6) is 0 Å². The summed E-state index contributed by atoms with van der Waals surface area (Å²) in [5, 5.41) is 7.93. The molecule has 1 aromatic carbocycles. The number of rotatable bonds is 2. The van der Waals surface area contributed by atoms with E-state index in [1.54, 1.807) is 6.07 Å². The van der Waals surface area contributed by atoms with Crippen LogP contribution in [0.4, 0.5) is 0 Å². The molecule has 4 nitrogen and oxygen atoms in total. The number of carbonyl (C=O) groups is 1. The van der Waals surface area contributed by atoms with Gasteiger partial charge in [-0.2, -0.15) is 0 Å². The topological polar surface area (TPSA) is 52.1 Å². The minimum atomic E-state index is -0.472. The molecule has 0 atom stereocenters. The highest BCUT2D eigenvalue weighted by molar-refractivity contribution is 5.87. The van der Waals surface area contributed by atoms with E-state index in [9.17, 15) is 4.79 Å². The lowest BCUT2D eigenvalue weighted by Gasteiger charge is -2.05. The van der Waals surface area contributed by atoms with Crippen molar-refractivity contribution >= 4 is 5.97 Å². The Labute approximate surface area is 99.3 Å². The summed E-state index contributed by atoms with van der Waals surface area (Å²) in [6.45, 7) is 1.89. The number of benzene rings is 1. The molecule has 1 aromatic heterocycles. The van der Waals surface area contributed by atoms with Crippen LogP contribution in [-0.4, -0.2) is 23.3 Å². The van der Waals surface area contributed by atoms with Crippen molar-refractivity contribution in [2.75, 3.05) is 7.11 Å². The molecule has 17 heavy (non-hydrogen) atoms. The molecule has 0 radical (unpaired) electrons.